The van der Waals surface area contributed by atoms with Crippen molar-refractivity contribution < 1.29 is 47.3 Å². The second kappa shape index (κ2) is 5.64. The van der Waals surface area contributed by atoms with Crippen LogP contribution in [-0.2, 0) is 14.9 Å². The average molecular weight is 160 g/mol. The molecule has 48 valence electrons. The monoisotopic (exact) mass is 160 g/mol. The molecular formula is C3H5NaO4S. The summed E-state index contributed by atoms with van der Waals surface area (Å²) >= 11 is 0. The van der Waals surface area contributed by atoms with Gasteiger partial charge in [0, 0.05) is 0 Å². The van der Waals surface area contributed by atoms with Crippen molar-refractivity contribution in [2.45, 2.75) is 0 Å². The van der Waals surface area contributed by atoms with E-state index < -0.39 is 15.9 Å². The minimum atomic E-state index is -4.14. The Kier molecular flexibility index (Phi) is 7.86. The Morgan fingerprint density at radius 1 is 1.56 bits per heavy atom. The topological polar surface area (TPSA) is 66.4 Å². The third-order valence-corrected chi connectivity index (χ3v) is 1.12. The van der Waals surface area contributed by atoms with Crippen molar-refractivity contribution in [1.29, 1.82) is 0 Å². The van der Waals surface area contributed by atoms with Gasteiger partial charge in [-0.25, -0.2) is 8.42 Å². The number of rotatable bonds is 3. The van der Waals surface area contributed by atoms with Crippen molar-refractivity contribution >= 4 is 10.1 Å². The molecule has 0 aromatic rings. The minimum absolute atomic E-state index is 0. The van der Waals surface area contributed by atoms with Crippen LogP contribution < -0.4 is 29.6 Å². The van der Waals surface area contributed by atoms with E-state index in [1.54, 1.807) is 0 Å². The summed E-state index contributed by atoms with van der Waals surface area (Å²) in [6, 6.07) is 0. The summed E-state index contributed by atoms with van der Waals surface area (Å²) in [6.45, 7) is -0.244. The third kappa shape index (κ3) is 12.1. The Labute approximate surface area is 76.6 Å². The molecule has 0 amide bonds. The van der Waals surface area contributed by atoms with Crippen LogP contribution in [-0.4, -0.2) is 25.3 Å². The third-order valence-electron chi connectivity index (χ3n) is 0.451. The molecule has 6 heteroatoms. The Balaban J connectivity index is 0. The first-order chi connectivity index (χ1) is 3.56. The SMILES string of the molecule is [CH]OCCS(=O)(=O)[O-].[Na+]. The Morgan fingerprint density at radius 3 is 2.11 bits per heavy atom. The van der Waals surface area contributed by atoms with Gasteiger partial charge in [0.1, 0.15) is 7.11 Å². The molecule has 4 nitrogen and oxygen atoms in total. The summed E-state index contributed by atoms with van der Waals surface area (Å²) in [6.07, 6.45) is 0. The summed E-state index contributed by atoms with van der Waals surface area (Å²) in [5.74, 6) is -0.566. The molecule has 0 unspecified atom stereocenters. The van der Waals surface area contributed by atoms with Gasteiger partial charge in [0.15, 0.2) is 0 Å². The molecule has 0 saturated carbocycles. The molecular weight excluding hydrogens is 155 g/mol. The van der Waals surface area contributed by atoms with Crippen LogP contribution >= 0.6 is 0 Å². The van der Waals surface area contributed by atoms with E-state index in [1.807, 2.05) is 0 Å². The zero-order chi connectivity index (χ0) is 6.62. The van der Waals surface area contributed by atoms with Crippen LogP contribution in [0.25, 0.3) is 0 Å². The zero-order valence-corrected chi connectivity index (χ0v) is 7.85. The predicted molar refractivity (Wildman–Crippen MR) is 24.8 cm³/mol. The molecule has 9 heavy (non-hydrogen) atoms. The first kappa shape index (κ1) is 12.5. The second-order valence-corrected chi connectivity index (χ2v) is 2.66. The van der Waals surface area contributed by atoms with E-state index in [4.69, 9.17) is 0 Å². The molecule has 0 aromatic heterocycles. The minimum Gasteiger partial charge on any atom is -0.748 e. The quantitative estimate of drug-likeness (QED) is 0.314. The predicted octanol–water partition coefficient (Wildman–Crippen LogP) is -3.78. The van der Waals surface area contributed by atoms with Gasteiger partial charge in [-0.15, -0.1) is 0 Å². The number of hydrogen-bond acceptors (Lipinski definition) is 4. The van der Waals surface area contributed by atoms with Gasteiger partial charge in [0.05, 0.1) is 22.5 Å². The van der Waals surface area contributed by atoms with Crippen LogP contribution in [0.4, 0.5) is 0 Å². The van der Waals surface area contributed by atoms with E-state index in [2.05, 4.69) is 11.8 Å². The van der Waals surface area contributed by atoms with Crippen molar-refractivity contribution in [3.8, 4) is 0 Å². The summed E-state index contributed by atoms with van der Waals surface area (Å²) in [5.41, 5.74) is 0. The molecule has 2 radical (unpaired) electrons. The average Bonchev–Trinajstić information content (AvgIpc) is 1.59. The van der Waals surface area contributed by atoms with Crippen molar-refractivity contribution in [2.75, 3.05) is 12.4 Å². The molecule has 0 N–H and O–H groups in total. The smallest absolute Gasteiger partial charge is 0.748 e. The van der Waals surface area contributed by atoms with Gasteiger partial charge in [0.25, 0.3) is 0 Å². The molecule has 0 aliphatic carbocycles. The zero-order valence-electron chi connectivity index (χ0n) is 5.03. The molecule has 0 aliphatic rings. The maximum absolute atomic E-state index is 9.70. The summed E-state index contributed by atoms with van der Waals surface area (Å²) in [5, 5.41) is 0. The second-order valence-electron chi connectivity index (χ2n) is 1.13. The van der Waals surface area contributed by atoms with Gasteiger partial charge >= 0.3 is 29.6 Å². The first-order valence-electron chi connectivity index (χ1n) is 1.81. The fourth-order valence-corrected chi connectivity index (χ4v) is 0.451. The molecule has 0 saturated heterocycles. The molecule has 0 atom stereocenters. The number of hydrogen-bond donors (Lipinski definition) is 0. The van der Waals surface area contributed by atoms with Gasteiger partial charge in [-0.2, -0.15) is 0 Å². The first-order valence-corrected chi connectivity index (χ1v) is 3.39. The molecule has 0 rings (SSSR count). The van der Waals surface area contributed by atoms with Crippen LogP contribution in [0, 0.1) is 7.11 Å². The maximum atomic E-state index is 9.70. The van der Waals surface area contributed by atoms with Gasteiger partial charge in [-0.3, -0.25) is 0 Å². The van der Waals surface area contributed by atoms with Crippen molar-refractivity contribution in [3.05, 3.63) is 7.11 Å². The number of ether oxygens (including phenoxy) is 1. The van der Waals surface area contributed by atoms with Gasteiger partial charge in [-0.05, 0) is 0 Å². The van der Waals surface area contributed by atoms with Crippen molar-refractivity contribution in [3.63, 3.8) is 0 Å². The van der Waals surface area contributed by atoms with Crippen LogP contribution in [0.3, 0.4) is 0 Å². The van der Waals surface area contributed by atoms with E-state index in [-0.39, 0.29) is 36.2 Å². The largest absolute Gasteiger partial charge is 1.00 e. The Hall–Kier alpha value is 0.870. The van der Waals surface area contributed by atoms with Gasteiger partial charge in [-0.1, -0.05) is 0 Å². The fourth-order valence-electron chi connectivity index (χ4n) is 0.150. The fraction of sp³-hybridized carbons (Fsp3) is 0.667. The van der Waals surface area contributed by atoms with Gasteiger partial charge in [0.2, 0.25) is 0 Å². The van der Waals surface area contributed by atoms with Crippen LogP contribution in [0.1, 0.15) is 0 Å². The molecule has 0 bridgehead atoms. The van der Waals surface area contributed by atoms with E-state index in [9.17, 15) is 13.0 Å². The van der Waals surface area contributed by atoms with Crippen molar-refractivity contribution in [2.24, 2.45) is 0 Å². The van der Waals surface area contributed by atoms with Crippen LogP contribution in [0.5, 0.6) is 0 Å². The van der Waals surface area contributed by atoms with E-state index >= 15 is 0 Å². The van der Waals surface area contributed by atoms with Crippen LogP contribution in [0.2, 0.25) is 0 Å². The standard InChI is InChI=1S/C3H6O4S.Na/c1-7-2-3-8(4,5)6;/h1H,2-3H2,(H,4,5,6);/q;+1/p-1. The summed E-state index contributed by atoms with van der Waals surface area (Å²) in [7, 11) is 0.291. The summed E-state index contributed by atoms with van der Waals surface area (Å²) < 4.78 is 32.9. The van der Waals surface area contributed by atoms with E-state index in [0.29, 0.717) is 0 Å². The summed E-state index contributed by atoms with van der Waals surface area (Å²) in [4.78, 5) is 0. The molecule has 0 heterocycles. The Morgan fingerprint density at radius 2 is 2.00 bits per heavy atom. The molecule has 0 aliphatic heterocycles. The van der Waals surface area contributed by atoms with E-state index in [0.717, 1.165) is 0 Å². The molecule has 0 fully saturated rings. The molecule has 0 spiro atoms. The van der Waals surface area contributed by atoms with E-state index in [1.165, 1.54) is 0 Å². The van der Waals surface area contributed by atoms with Crippen LogP contribution in [0.15, 0.2) is 0 Å². The molecule has 0 aromatic carbocycles. The normalized spacial score (nSPS) is 10.4. The van der Waals surface area contributed by atoms with Gasteiger partial charge < -0.3 is 9.29 Å². The Bertz CT molecular complexity index is 140. The van der Waals surface area contributed by atoms with Crippen molar-refractivity contribution in [1.82, 2.24) is 0 Å². The maximum Gasteiger partial charge on any atom is 1.00 e.